The zero-order valence-electron chi connectivity index (χ0n) is 15.9. The van der Waals surface area contributed by atoms with Crippen LogP contribution >= 0.6 is 11.8 Å². The fraction of sp³-hybridized carbons (Fsp3) is 0.0500. The smallest absolute Gasteiger partial charge is 0.411 e. The van der Waals surface area contributed by atoms with Gasteiger partial charge in [0, 0.05) is 11.1 Å². The summed E-state index contributed by atoms with van der Waals surface area (Å²) in [4.78, 5) is 10.9. The topological polar surface area (TPSA) is 104 Å². The summed E-state index contributed by atoms with van der Waals surface area (Å²) in [5.74, 6) is -0.526. The van der Waals surface area contributed by atoms with Crippen molar-refractivity contribution in [1.82, 2.24) is 20.2 Å². The summed E-state index contributed by atoms with van der Waals surface area (Å²) in [6, 6.07) is 11.9. The average Bonchev–Trinajstić information content (AvgIpc) is 3.22. The summed E-state index contributed by atoms with van der Waals surface area (Å²) in [6.45, 7) is 0. The van der Waals surface area contributed by atoms with Gasteiger partial charge in [-0.3, -0.25) is 5.41 Å². The molecule has 162 valence electrons. The largest absolute Gasteiger partial charge is 0.416 e. The maximum Gasteiger partial charge on any atom is 0.416 e. The van der Waals surface area contributed by atoms with E-state index in [-0.39, 0.29) is 22.3 Å². The van der Waals surface area contributed by atoms with Crippen LogP contribution in [0.1, 0.15) is 5.56 Å². The highest BCUT2D eigenvalue weighted by atomic mass is 32.2. The van der Waals surface area contributed by atoms with Gasteiger partial charge in [-0.05, 0) is 48.2 Å². The number of H-pyrrole nitrogens is 1. The van der Waals surface area contributed by atoms with Gasteiger partial charge in [-0.2, -0.15) is 13.2 Å². The molecule has 0 amide bonds. The zero-order chi connectivity index (χ0) is 22.7. The van der Waals surface area contributed by atoms with Gasteiger partial charge in [-0.15, -0.1) is 10.2 Å². The van der Waals surface area contributed by atoms with Crippen LogP contribution in [-0.2, 0) is 6.18 Å². The Bertz CT molecular complexity index is 1350. The molecule has 0 fully saturated rings. The predicted octanol–water partition coefficient (Wildman–Crippen LogP) is 4.94. The number of nitrogens with zero attached hydrogens (tertiary/aromatic N) is 4. The number of nitrogens with one attached hydrogen (secondary N) is 2. The van der Waals surface area contributed by atoms with Gasteiger partial charge in [0.05, 0.1) is 16.3 Å². The number of benzene rings is 2. The normalized spacial score (nSPS) is 12.2. The first-order chi connectivity index (χ1) is 15.3. The molecule has 12 heteroatoms. The molecule has 0 saturated carbocycles. The minimum atomic E-state index is -4.50. The molecule has 0 spiro atoms. The van der Waals surface area contributed by atoms with Gasteiger partial charge in [0.15, 0.2) is 0 Å². The van der Waals surface area contributed by atoms with Crippen molar-refractivity contribution in [3.63, 3.8) is 0 Å². The molecule has 0 bridgehead atoms. The third-order valence-corrected chi connectivity index (χ3v) is 4.86. The molecule has 0 radical (unpaired) electrons. The molecular weight excluding hydrogens is 448 g/mol. The van der Waals surface area contributed by atoms with E-state index in [0.717, 1.165) is 30.2 Å². The molecule has 0 saturated heterocycles. The minimum absolute atomic E-state index is 0.0471. The second-order valence-corrected chi connectivity index (χ2v) is 7.27. The van der Waals surface area contributed by atoms with Gasteiger partial charge < -0.3 is 9.40 Å². The van der Waals surface area contributed by atoms with Crippen LogP contribution in [0.4, 0.5) is 17.6 Å². The van der Waals surface area contributed by atoms with Crippen molar-refractivity contribution in [2.75, 3.05) is 0 Å². The molecule has 2 heterocycles. The Morgan fingerprint density at radius 3 is 2.56 bits per heavy atom. The highest BCUT2D eigenvalue weighted by molar-refractivity contribution is 7.99. The summed E-state index contributed by atoms with van der Waals surface area (Å²) in [6.07, 6.45) is -3.71. The highest BCUT2D eigenvalue weighted by Gasteiger charge is 2.30. The van der Waals surface area contributed by atoms with Crippen molar-refractivity contribution in [3.05, 3.63) is 71.6 Å². The van der Waals surface area contributed by atoms with E-state index in [2.05, 4.69) is 25.2 Å². The van der Waals surface area contributed by atoms with E-state index in [9.17, 15) is 17.6 Å². The number of aromatic amines is 1. The Kier molecular flexibility index (Phi) is 5.86. The minimum Gasteiger partial charge on any atom is -0.411 e. The molecule has 2 N–H and O–H groups in total. The van der Waals surface area contributed by atoms with E-state index >= 15 is 0 Å². The predicted molar refractivity (Wildman–Crippen MR) is 107 cm³/mol. The van der Waals surface area contributed by atoms with Crippen LogP contribution in [0.2, 0.25) is 0 Å². The summed E-state index contributed by atoms with van der Waals surface area (Å²) < 4.78 is 58.0. The Morgan fingerprint density at radius 2 is 1.81 bits per heavy atom. The average molecular weight is 460 g/mol. The SMILES string of the molecule is N=C/N=c1/nc(-c2cccc(F)c2)cc(Sc2nnc(-c3cccc(C(F)(F)F)c3)o2)[nH]1. The molecule has 0 unspecified atom stereocenters. The number of rotatable bonds is 5. The van der Waals surface area contributed by atoms with E-state index < -0.39 is 17.6 Å². The van der Waals surface area contributed by atoms with E-state index in [0.29, 0.717) is 16.3 Å². The van der Waals surface area contributed by atoms with Crippen LogP contribution in [0.15, 0.2) is 74.3 Å². The van der Waals surface area contributed by atoms with Gasteiger partial charge in [0.1, 0.15) is 12.2 Å². The Morgan fingerprint density at radius 1 is 1.03 bits per heavy atom. The summed E-state index contributed by atoms with van der Waals surface area (Å²) in [5, 5.41) is 15.3. The monoisotopic (exact) mass is 460 g/mol. The van der Waals surface area contributed by atoms with Crippen molar-refractivity contribution in [2.45, 2.75) is 16.4 Å². The zero-order valence-corrected chi connectivity index (χ0v) is 16.7. The van der Waals surface area contributed by atoms with Gasteiger partial charge in [-0.1, -0.05) is 18.2 Å². The molecule has 2 aromatic carbocycles. The van der Waals surface area contributed by atoms with Gasteiger partial charge in [-0.25, -0.2) is 14.4 Å². The standard InChI is InChI=1S/C20H12F4N6OS/c21-14-6-2-3-11(8-14)15-9-16(28-18(27-15)26-10-25)32-19-30-29-17(31-19)12-4-1-5-13(7-12)20(22,23)24/h1-10H,(H2,25,26,27,28). The van der Waals surface area contributed by atoms with Crippen molar-refractivity contribution >= 4 is 18.1 Å². The fourth-order valence-corrected chi connectivity index (χ4v) is 3.41. The summed E-state index contributed by atoms with van der Waals surface area (Å²) in [5.41, 5.74) is 0.239. The molecule has 4 rings (SSSR count). The number of aromatic nitrogens is 4. The Hall–Kier alpha value is -3.80. The first-order valence-corrected chi connectivity index (χ1v) is 9.72. The third kappa shape index (κ3) is 4.91. The second kappa shape index (κ2) is 8.75. The fourth-order valence-electron chi connectivity index (χ4n) is 2.71. The van der Waals surface area contributed by atoms with Crippen LogP contribution in [0.3, 0.4) is 0 Å². The molecule has 0 aliphatic rings. The lowest BCUT2D eigenvalue weighted by atomic mass is 10.1. The van der Waals surface area contributed by atoms with E-state index in [1.54, 1.807) is 12.1 Å². The third-order valence-electron chi connectivity index (χ3n) is 4.08. The highest BCUT2D eigenvalue weighted by Crippen LogP contribution is 2.33. The van der Waals surface area contributed by atoms with Gasteiger partial charge >= 0.3 is 6.18 Å². The molecule has 0 atom stereocenters. The first kappa shape index (κ1) is 21.4. The van der Waals surface area contributed by atoms with E-state index in [1.807, 2.05) is 0 Å². The first-order valence-electron chi connectivity index (χ1n) is 8.91. The van der Waals surface area contributed by atoms with E-state index in [1.165, 1.54) is 30.3 Å². The van der Waals surface area contributed by atoms with E-state index in [4.69, 9.17) is 9.83 Å². The molecule has 4 aromatic rings. The lowest BCUT2D eigenvalue weighted by Gasteiger charge is -2.06. The lowest BCUT2D eigenvalue weighted by Crippen LogP contribution is -2.14. The number of hydrogen-bond donors (Lipinski definition) is 2. The number of alkyl halides is 3. The van der Waals surface area contributed by atoms with Crippen LogP contribution in [0.25, 0.3) is 22.7 Å². The van der Waals surface area contributed by atoms with Crippen molar-refractivity contribution in [2.24, 2.45) is 4.99 Å². The van der Waals surface area contributed by atoms with Gasteiger partial charge in [0.2, 0.25) is 11.5 Å². The van der Waals surface area contributed by atoms with Crippen LogP contribution in [0, 0.1) is 11.2 Å². The van der Waals surface area contributed by atoms with Crippen molar-refractivity contribution in [3.8, 4) is 22.7 Å². The van der Waals surface area contributed by atoms with Gasteiger partial charge in [0.25, 0.3) is 5.22 Å². The molecule has 0 aliphatic carbocycles. The van der Waals surface area contributed by atoms with Crippen molar-refractivity contribution in [1.29, 1.82) is 5.41 Å². The van der Waals surface area contributed by atoms with Crippen LogP contribution < -0.4 is 5.62 Å². The summed E-state index contributed by atoms with van der Waals surface area (Å²) in [7, 11) is 0. The lowest BCUT2D eigenvalue weighted by molar-refractivity contribution is -0.137. The summed E-state index contributed by atoms with van der Waals surface area (Å²) >= 11 is 0.979. The Balaban J connectivity index is 1.66. The van der Waals surface area contributed by atoms with Crippen LogP contribution in [-0.4, -0.2) is 26.5 Å². The maximum atomic E-state index is 13.6. The molecule has 0 aliphatic heterocycles. The quantitative estimate of drug-likeness (QED) is 0.190. The molecule has 7 nitrogen and oxygen atoms in total. The van der Waals surface area contributed by atoms with Crippen molar-refractivity contribution < 1.29 is 22.0 Å². The van der Waals surface area contributed by atoms with Crippen LogP contribution in [0.5, 0.6) is 0 Å². The second-order valence-electron chi connectivity index (χ2n) is 6.28. The number of halogens is 4. The maximum absolute atomic E-state index is 13.6. The number of hydrogen-bond acceptors (Lipinski definition) is 6. The molecule has 32 heavy (non-hydrogen) atoms. The molecular formula is C20H12F4N6OS. The molecule has 2 aromatic heterocycles. The Labute approximate surface area is 181 Å².